The van der Waals surface area contributed by atoms with Gasteiger partial charge in [-0.3, -0.25) is 9.89 Å². The highest BCUT2D eigenvalue weighted by atomic mass is 16.2. The molecule has 2 saturated carbocycles. The zero-order valence-corrected chi connectivity index (χ0v) is 9.72. The lowest BCUT2D eigenvalue weighted by atomic mass is 10.1. The average molecular weight is 232 g/mol. The number of piperidine rings is 1. The van der Waals surface area contributed by atoms with E-state index in [0.29, 0.717) is 17.8 Å². The zero-order chi connectivity index (χ0) is 11.4. The Hall–Kier alpha value is -1.39. The molecule has 2 atom stereocenters. The molecule has 0 spiro atoms. The van der Waals surface area contributed by atoms with Gasteiger partial charge in [0.25, 0.3) is 5.91 Å². The summed E-state index contributed by atoms with van der Waals surface area (Å²) in [6, 6.07) is 0.454. The second-order valence-corrected chi connectivity index (χ2v) is 5.61. The summed E-state index contributed by atoms with van der Waals surface area (Å²) in [5.74, 6) is 2.56. The number of H-pyrrole nitrogens is 1. The van der Waals surface area contributed by atoms with Crippen molar-refractivity contribution in [1.29, 1.82) is 0 Å². The molecule has 0 radical (unpaired) electrons. The SMILES string of the molecule is O=C(c1n[nH]c(C2CC2)n1)N1CC2CCC1C2. The Morgan fingerprint density at radius 1 is 1.29 bits per heavy atom. The van der Waals surface area contributed by atoms with Gasteiger partial charge in [-0.15, -0.1) is 5.10 Å². The predicted molar refractivity (Wildman–Crippen MR) is 60.5 cm³/mol. The largest absolute Gasteiger partial charge is 0.333 e. The third kappa shape index (κ3) is 1.48. The van der Waals surface area contributed by atoms with Crippen LogP contribution in [0.2, 0.25) is 0 Å². The number of fused-ring (bicyclic) bond motifs is 2. The van der Waals surface area contributed by atoms with Crippen LogP contribution < -0.4 is 0 Å². The summed E-state index contributed by atoms with van der Waals surface area (Å²) >= 11 is 0. The van der Waals surface area contributed by atoms with E-state index >= 15 is 0 Å². The van der Waals surface area contributed by atoms with Crippen LogP contribution in [0.5, 0.6) is 0 Å². The fourth-order valence-corrected chi connectivity index (χ4v) is 3.21. The highest BCUT2D eigenvalue weighted by Gasteiger charge is 2.41. The summed E-state index contributed by atoms with van der Waals surface area (Å²) in [6.07, 6.45) is 5.99. The van der Waals surface area contributed by atoms with Crippen LogP contribution in [-0.4, -0.2) is 38.6 Å². The monoisotopic (exact) mass is 232 g/mol. The van der Waals surface area contributed by atoms with Crippen LogP contribution in [-0.2, 0) is 0 Å². The number of carbonyl (C=O) groups excluding carboxylic acids is 1. The molecule has 2 bridgehead atoms. The second kappa shape index (κ2) is 3.31. The van der Waals surface area contributed by atoms with Gasteiger partial charge in [0.15, 0.2) is 0 Å². The Bertz CT molecular complexity index is 465. The molecule has 0 aromatic carbocycles. The highest BCUT2D eigenvalue weighted by Crippen LogP contribution is 2.39. The van der Waals surface area contributed by atoms with Gasteiger partial charge in [-0.2, -0.15) is 0 Å². The van der Waals surface area contributed by atoms with Gasteiger partial charge >= 0.3 is 0 Å². The number of hydrogen-bond acceptors (Lipinski definition) is 3. The molecule has 4 rings (SSSR count). The van der Waals surface area contributed by atoms with Crippen molar-refractivity contribution >= 4 is 5.91 Å². The Morgan fingerprint density at radius 2 is 2.18 bits per heavy atom. The molecule has 1 amide bonds. The molecule has 1 aromatic rings. The van der Waals surface area contributed by atoms with Gasteiger partial charge in [-0.05, 0) is 38.0 Å². The number of rotatable bonds is 2. The van der Waals surface area contributed by atoms with Gasteiger partial charge in [-0.25, -0.2) is 4.98 Å². The van der Waals surface area contributed by atoms with Crippen LogP contribution in [0.1, 0.15) is 54.5 Å². The van der Waals surface area contributed by atoms with Crippen molar-refractivity contribution in [1.82, 2.24) is 20.1 Å². The standard InChI is InChI=1S/C12H16N4O/c17-12(16-6-7-1-4-9(16)5-7)11-13-10(14-15-11)8-2-3-8/h7-9H,1-6H2,(H,13,14,15). The lowest BCUT2D eigenvalue weighted by molar-refractivity contribution is 0.0691. The summed E-state index contributed by atoms with van der Waals surface area (Å²) < 4.78 is 0. The molecule has 17 heavy (non-hydrogen) atoms. The normalized spacial score (nSPS) is 31.2. The van der Waals surface area contributed by atoms with E-state index < -0.39 is 0 Å². The second-order valence-electron chi connectivity index (χ2n) is 5.61. The van der Waals surface area contributed by atoms with E-state index in [1.54, 1.807) is 0 Å². The molecular weight excluding hydrogens is 216 g/mol. The summed E-state index contributed by atoms with van der Waals surface area (Å²) in [6.45, 7) is 0.913. The Morgan fingerprint density at radius 3 is 2.82 bits per heavy atom. The zero-order valence-electron chi connectivity index (χ0n) is 9.72. The maximum absolute atomic E-state index is 12.3. The number of carbonyl (C=O) groups is 1. The maximum Gasteiger partial charge on any atom is 0.293 e. The molecule has 2 aliphatic carbocycles. The van der Waals surface area contributed by atoms with Crippen LogP contribution in [0.15, 0.2) is 0 Å². The number of amides is 1. The summed E-state index contributed by atoms with van der Waals surface area (Å²) in [4.78, 5) is 18.6. The Labute approximate surface area is 99.6 Å². The molecule has 90 valence electrons. The van der Waals surface area contributed by atoms with Crippen molar-refractivity contribution < 1.29 is 4.79 Å². The topological polar surface area (TPSA) is 61.9 Å². The maximum atomic E-state index is 12.3. The van der Waals surface area contributed by atoms with Gasteiger partial charge in [0.2, 0.25) is 5.82 Å². The summed E-state index contributed by atoms with van der Waals surface area (Å²) in [7, 11) is 0. The summed E-state index contributed by atoms with van der Waals surface area (Å²) in [5, 5.41) is 6.99. The highest BCUT2D eigenvalue weighted by molar-refractivity contribution is 5.91. The minimum Gasteiger partial charge on any atom is -0.333 e. The van der Waals surface area contributed by atoms with E-state index in [0.717, 1.165) is 24.7 Å². The molecule has 1 aromatic heterocycles. The first kappa shape index (κ1) is 9.62. The quantitative estimate of drug-likeness (QED) is 0.836. The van der Waals surface area contributed by atoms with Gasteiger partial charge in [0.1, 0.15) is 5.82 Å². The number of nitrogens with zero attached hydrogens (tertiary/aromatic N) is 3. The molecule has 1 N–H and O–H groups in total. The van der Waals surface area contributed by atoms with E-state index in [9.17, 15) is 4.79 Å². The van der Waals surface area contributed by atoms with Crippen molar-refractivity contribution in [2.75, 3.05) is 6.54 Å². The summed E-state index contributed by atoms with van der Waals surface area (Å²) in [5.41, 5.74) is 0. The van der Waals surface area contributed by atoms with Crippen LogP contribution >= 0.6 is 0 Å². The first-order chi connectivity index (χ1) is 8.31. The molecule has 2 unspecified atom stereocenters. The van der Waals surface area contributed by atoms with Gasteiger partial charge in [0, 0.05) is 18.5 Å². The molecule has 5 heteroatoms. The van der Waals surface area contributed by atoms with Gasteiger partial charge in [-0.1, -0.05) is 0 Å². The van der Waals surface area contributed by atoms with Crippen molar-refractivity contribution in [3.05, 3.63) is 11.6 Å². The van der Waals surface area contributed by atoms with Crippen molar-refractivity contribution in [2.24, 2.45) is 5.92 Å². The smallest absolute Gasteiger partial charge is 0.293 e. The van der Waals surface area contributed by atoms with Gasteiger partial charge < -0.3 is 4.90 Å². The number of nitrogens with one attached hydrogen (secondary N) is 1. The van der Waals surface area contributed by atoms with Crippen molar-refractivity contribution in [3.63, 3.8) is 0 Å². The van der Waals surface area contributed by atoms with Crippen LogP contribution in [0, 0.1) is 5.92 Å². The van der Waals surface area contributed by atoms with E-state index in [-0.39, 0.29) is 5.91 Å². The van der Waals surface area contributed by atoms with E-state index in [1.165, 1.54) is 25.7 Å². The number of hydrogen-bond donors (Lipinski definition) is 1. The number of aromatic nitrogens is 3. The molecule has 5 nitrogen and oxygen atoms in total. The molecule has 3 aliphatic rings. The third-order valence-corrected chi connectivity index (χ3v) is 4.33. The first-order valence-electron chi connectivity index (χ1n) is 6.54. The van der Waals surface area contributed by atoms with Crippen LogP contribution in [0.25, 0.3) is 0 Å². The Balaban J connectivity index is 1.55. The van der Waals surface area contributed by atoms with Gasteiger partial charge in [0.05, 0.1) is 0 Å². The molecule has 1 saturated heterocycles. The van der Waals surface area contributed by atoms with E-state index in [4.69, 9.17) is 0 Å². The van der Waals surface area contributed by atoms with Crippen LogP contribution in [0.3, 0.4) is 0 Å². The van der Waals surface area contributed by atoms with Crippen molar-refractivity contribution in [2.45, 2.75) is 44.1 Å². The predicted octanol–water partition coefficient (Wildman–Crippen LogP) is 1.31. The molecule has 1 aliphatic heterocycles. The lowest BCUT2D eigenvalue weighted by Gasteiger charge is -2.25. The van der Waals surface area contributed by atoms with E-state index in [2.05, 4.69) is 15.2 Å². The third-order valence-electron chi connectivity index (χ3n) is 4.33. The molecular formula is C12H16N4O. The molecule has 2 heterocycles. The fraction of sp³-hybridized carbons (Fsp3) is 0.750. The fourth-order valence-electron chi connectivity index (χ4n) is 3.21. The number of aromatic amines is 1. The average Bonchev–Trinajstić information content (AvgIpc) is 2.84. The van der Waals surface area contributed by atoms with E-state index in [1.807, 2.05) is 4.90 Å². The minimum atomic E-state index is 0.0281. The first-order valence-corrected chi connectivity index (χ1v) is 6.54. The lowest BCUT2D eigenvalue weighted by Crippen LogP contribution is -2.38. The minimum absolute atomic E-state index is 0.0281. The van der Waals surface area contributed by atoms with Crippen LogP contribution in [0.4, 0.5) is 0 Å². The van der Waals surface area contributed by atoms with Crippen molar-refractivity contribution in [3.8, 4) is 0 Å². The Kier molecular flexibility index (Phi) is 1.87. The number of likely N-dealkylation sites (tertiary alicyclic amines) is 1. The molecule has 3 fully saturated rings.